The number of aliphatic hydroxyl groups excluding tert-OH is 1. The normalized spacial score (nSPS) is 12.5. The SMILES string of the molecule is Cn1c(=O)[nH]c(=O)c2c1nc(NN)n2C[C@H](O)c1ccccc1. The first-order valence-corrected chi connectivity index (χ1v) is 6.92. The van der Waals surface area contributed by atoms with Gasteiger partial charge in [0.05, 0.1) is 12.6 Å². The van der Waals surface area contributed by atoms with Gasteiger partial charge in [0.15, 0.2) is 11.2 Å². The van der Waals surface area contributed by atoms with E-state index < -0.39 is 17.4 Å². The second kappa shape index (κ2) is 5.71. The average molecular weight is 316 g/mol. The van der Waals surface area contributed by atoms with Gasteiger partial charge in [-0.3, -0.25) is 19.8 Å². The lowest BCUT2D eigenvalue weighted by Crippen LogP contribution is -2.29. The third kappa shape index (κ3) is 2.51. The third-order valence-electron chi connectivity index (χ3n) is 3.68. The van der Waals surface area contributed by atoms with Gasteiger partial charge in [-0.05, 0) is 5.56 Å². The molecule has 2 aromatic heterocycles. The molecule has 0 aliphatic carbocycles. The fourth-order valence-corrected chi connectivity index (χ4v) is 2.48. The lowest BCUT2D eigenvalue weighted by Gasteiger charge is -2.14. The molecule has 3 rings (SSSR count). The molecule has 0 aliphatic heterocycles. The van der Waals surface area contributed by atoms with Gasteiger partial charge in [0, 0.05) is 7.05 Å². The second-order valence-electron chi connectivity index (χ2n) is 5.11. The number of aromatic nitrogens is 4. The predicted molar refractivity (Wildman–Crippen MR) is 84.8 cm³/mol. The molecule has 1 atom stereocenters. The predicted octanol–water partition coefficient (Wildman–Crippen LogP) is -0.557. The maximum Gasteiger partial charge on any atom is 0.329 e. The summed E-state index contributed by atoms with van der Waals surface area (Å²) in [4.78, 5) is 30.2. The summed E-state index contributed by atoms with van der Waals surface area (Å²) in [6.45, 7) is 0.0569. The van der Waals surface area contributed by atoms with E-state index >= 15 is 0 Å². The van der Waals surface area contributed by atoms with Gasteiger partial charge >= 0.3 is 5.69 Å². The highest BCUT2D eigenvalue weighted by atomic mass is 16.3. The third-order valence-corrected chi connectivity index (χ3v) is 3.68. The molecule has 0 aliphatic rings. The van der Waals surface area contributed by atoms with Crippen LogP contribution < -0.4 is 22.5 Å². The zero-order valence-corrected chi connectivity index (χ0v) is 12.4. The van der Waals surface area contributed by atoms with Gasteiger partial charge in [-0.25, -0.2) is 10.6 Å². The minimum Gasteiger partial charge on any atom is -0.387 e. The van der Waals surface area contributed by atoms with E-state index in [1.807, 2.05) is 18.2 Å². The number of imidazole rings is 1. The smallest absolute Gasteiger partial charge is 0.329 e. The van der Waals surface area contributed by atoms with E-state index in [2.05, 4.69) is 15.4 Å². The van der Waals surface area contributed by atoms with Gasteiger partial charge in [0.25, 0.3) is 5.56 Å². The number of fused-ring (bicyclic) bond motifs is 1. The molecule has 2 heterocycles. The van der Waals surface area contributed by atoms with Gasteiger partial charge in [-0.15, -0.1) is 0 Å². The molecule has 120 valence electrons. The molecule has 23 heavy (non-hydrogen) atoms. The molecular formula is C14H16N6O3. The molecule has 0 fully saturated rings. The molecule has 0 radical (unpaired) electrons. The molecule has 0 unspecified atom stereocenters. The van der Waals surface area contributed by atoms with Crippen molar-refractivity contribution in [1.82, 2.24) is 19.1 Å². The van der Waals surface area contributed by atoms with Crippen LogP contribution in [0.15, 0.2) is 39.9 Å². The number of hydrazine groups is 1. The molecule has 9 heteroatoms. The number of nitrogens with one attached hydrogen (secondary N) is 2. The van der Waals surface area contributed by atoms with Crippen molar-refractivity contribution in [1.29, 1.82) is 0 Å². The van der Waals surface area contributed by atoms with Gasteiger partial charge in [-0.2, -0.15) is 4.98 Å². The van der Waals surface area contributed by atoms with E-state index in [4.69, 9.17) is 5.84 Å². The van der Waals surface area contributed by atoms with Gasteiger partial charge in [-0.1, -0.05) is 30.3 Å². The lowest BCUT2D eigenvalue weighted by atomic mass is 10.1. The van der Waals surface area contributed by atoms with Crippen molar-refractivity contribution in [2.75, 3.05) is 5.43 Å². The van der Waals surface area contributed by atoms with Crippen molar-refractivity contribution in [3.8, 4) is 0 Å². The molecule has 5 N–H and O–H groups in total. The number of aliphatic hydroxyl groups is 1. The highest BCUT2D eigenvalue weighted by Crippen LogP contribution is 2.20. The number of hydrogen-bond donors (Lipinski definition) is 4. The fourth-order valence-electron chi connectivity index (χ4n) is 2.48. The van der Waals surface area contributed by atoms with Crippen LogP contribution in [0.1, 0.15) is 11.7 Å². The summed E-state index contributed by atoms with van der Waals surface area (Å²) < 4.78 is 2.66. The number of H-pyrrole nitrogens is 1. The van der Waals surface area contributed by atoms with Crippen molar-refractivity contribution in [2.24, 2.45) is 12.9 Å². The van der Waals surface area contributed by atoms with Gasteiger partial charge in [0.2, 0.25) is 5.95 Å². The Balaban J connectivity index is 2.15. The summed E-state index contributed by atoms with van der Waals surface area (Å²) in [6.07, 6.45) is -0.864. The molecule has 3 aromatic rings. The van der Waals surface area contributed by atoms with Crippen LogP contribution in [0.4, 0.5) is 5.95 Å². The summed E-state index contributed by atoms with van der Waals surface area (Å²) in [7, 11) is 1.49. The van der Waals surface area contributed by atoms with Crippen LogP contribution in [-0.2, 0) is 13.6 Å². The topological polar surface area (TPSA) is 131 Å². The van der Waals surface area contributed by atoms with E-state index in [0.29, 0.717) is 5.56 Å². The molecule has 0 saturated carbocycles. The van der Waals surface area contributed by atoms with Crippen molar-refractivity contribution < 1.29 is 5.11 Å². The molecule has 9 nitrogen and oxygen atoms in total. The molecular weight excluding hydrogens is 300 g/mol. The minimum atomic E-state index is -0.864. The molecule has 0 spiro atoms. The quantitative estimate of drug-likeness (QED) is 0.377. The Labute approximate surface area is 130 Å². The Morgan fingerprint density at radius 2 is 2.04 bits per heavy atom. The zero-order valence-electron chi connectivity index (χ0n) is 12.4. The van der Waals surface area contributed by atoms with Gasteiger partial charge < -0.3 is 9.67 Å². The minimum absolute atomic E-state index is 0.0569. The number of nitrogens with zero attached hydrogens (tertiary/aromatic N) is 3. The van der Waals surface area contributed by atoms with Crippen LogP contribution in [-0.4, -0.2) is 24.2 Å². The first-order valence-electron chi connectivity index (χ1n) is 6.92. The largest absolute Gasteiger partial charge is 0.387 e. The van der Waals surface area contributed by atoms with Crippen LogP contribution >= 0.6 is 0 Å². The second-order valence-corrected chi connectivity index (χ2v) is 5.11. The zero-order chi connectivity index (χ0) is 16.6. The highest BCUT2D eigenvalue weighted by Gasteiger charge is 2.19. The van der Waals surface area contributed by atoms with E-state index in [1.165, 1.54) is 16.2 Å². The molecule has 0 amide bonds. The molecule has 1 aromatic carbocycles. The van der Waals surface area contributed by atoms with Crippen molar-refractivity contribution in [3.05, 3.63) is 56.7 Å². The molecule has 0 bridgehead atoms. The summed E-state index contributed by atoms with van der Waals surface area (Å²) in [5, 5.41) is 10.4. The Morgan fingerprint density at radius 1 is 1.35 bits per heavy atom. The Hall–Kier alpha value is -2.91. The van der Waals surface area contributed by atoms with Crippen LogP contribution in [0.2, 0.25) is 0 Å². The first kappa shape index (κ1) is 15.0. The number of aromatic amines is 1. The van der Waals surface area contributed by atoms with E-state index in [-0.39, 0.29) is 23.7 Å². The van der Waals surface area contributed by atoms with Crippen LogP contribution in [0, 0.1) is 0 Å². The Bertz CT molecular complexity index is 956. The van der Waals surface area contributed by atoms with E-state index in [9.17, 15) is 14.7 Å². The van der Waals surface area contributed by atoms with E-state index in [1.54, 1.807) is 12.1 Å². The maximum atomic E-state index is 12.1. The number of hydrogen-bond acceptors (Lipinski definition) is 6. The number of nitrogen functional groups attached to an aromatic ring is 1. The lowest BCUT2D eigenvalue weighted by molar-refractivity contribution is 0.158. The number of benzene rings is 1. The summed E-state index contributed by atoms with van der Waals surface area (Å²) in [6, 6.07) is 9.02. The summed E-state index contributed by atoms with van der Waals surface area (Å²) in [5.74, 6) is 5.63. The Morgan fingerprint density at radius 3 is 2.70 bits per heavy atom. The van der Waals surface area contributed by atoms with Crippen molar-refractivity contribution in [2.45, 2.75) is 12.6 Å². The number of rotatable bonds is 4. The van der Waals surface area contributed by atoms with E-state index in [0.717, 1.165) is 0 Å². The summed E-state index contributed by atoms with van der Waals surface area (Å²) in [5.41, 5.74) is 2.27. The Kier molecular flexibility index (Phi) is 3.72. The van der Waals surface area contributed by atoms with Crippen molar-refractivity contribution >= 4 is 17.1 Å². The fraction of sp³-hybridized carbons (Fsp3) is 0.214. The first-order chi connectivity index (χ1) is 11.0. The average Bonchev–Trinajstić information content (AvgIpc) is 2.92. The van der Waals surface area contributed by atoms with Crippen LogP contribution in [0.25, 0.3) is 11.2 Å². The highest BCUT2D eigenvalue weighted by molar-refractivity contribution is 5.74. The van der Waals surface area contributed by atoms with Gasteiger partial charge in [0.1, 0.15) is 0 Å². The number of aryl methyl sites for hydroxylation is 1. The summed E-state index contributed by atoms with van der Waals surface area (Å²) >= 11 is 0. The number of nitrogens with two attached hydrogens (primary N) is 1. The number of anilines is 1. The standard InChI is InChI=1S/C14H16N6O3/c1-19-11-10(12(22)17-14(19)23)20(13(16-11)18-15)7-9(21)8-5-3-2-4-6-8/h2-6,9,21H,7,15H2,1H3,(H,16,18)(H,17,22,23)/t9-/m0/s1. The van der Waals surface area contributed by atoms with Crippen LogP contribution in [0.3, 0.4) is 0 Å². The van der Waals surface area contributed by atoms with Crippen molar-refractivity contribution in [3.63, 3.8) is 0 Å². The maximum absolute atomic E-state index is 12.1. The van der Waals surface area contributed by atoms with Crippen LogP contribution in [0.5, 0.6) is 0 Å². The molecule has 0 saturated heterocycles. The monoisotopic (exact) mass is 316 g/mol.